The molecule has 47 heavy (non-hydrogen) atoms. The van der Waals surface area contributed by atoms with Gasteiger partial charge in [0.05, 0.1) is 52.7 Å². The molecule has 3 aromatic rings. The Bertz CT molecular complexity index is 1860. The Kier molecular flexibility index (Phi) is 8.17. The van der Waals surface area contributed by atoms with E-state index in [0.29, 0.717) is 22.1 Å². The monoisotopic (exact) mass is 663 g/mol. The van der Waals surface area contributed by atoms with Gasteiger partial charge in [-0.1, -0.05) is 24.2 Å². The summed E-state index contributed by atoms with van der Waals surface area (Å²) in [6.45, 7) is 5.59. The van der Waals surface area contributed by atoms with Crippen molar-refractivity contribution >= 4 is 46.5 Å². The minimum absolute atomic E-state index is 0.0589. The first-order valence-electron chi connectivity index (χ1n) is 14.8. The van der Waals surface area contributed by atoms with Gasteiger partial charge in [-0.15, -0.1) is 0 Å². The summed E-state index contributed by atoms with van der Waals surface area (Å²) in [7, 11) is 1.54. The molecule has 5 heterocycles. The van der Waals surface area contributed by atoms with Crippen LogP contribution in [0, 0.1) is 24.2 Å². The summed E-state index contributed by atoms with van der Waals surface area (Å²) in [6.07, 6.45) is -1.85. The summed E-state index contributed by atoms with van der Waals surface area (Å²) >= 11 is 6.77. The lowest BCUT2D eigenvalue weighted by Crippen LogP contribution is -2.52. The molecule has 0 unspecified atom stereocenters. The second kappa shape index (κ2) is 12.0. The quantitative estimate of drug-likeness (QED) is 0.339. The van der Waals surface area contributed by atoms with Gasteiger partial charge in [-0.25, -0.2) is 4.98 Å². The number of halogens is 4. The Morgan fingerprint density at radius 3 is 2.70 bits per heavy atom. The van der Waals surface area contributed by atoms with E-state index in [-0.39, 0.29) is 49.9 Å². The van der Waals surface area contributed by atoms with Crippen LogP contribution in [0.5, 0.6) is 0 Å². The molecule has 0 saturated carbocycles. The summed E-state index contributed by atoms with van der Waals surface area (Å²) in [6, 6.07) is 9.18. The molecule has 0 bridgehead atoms. The van der Waals surface area contributed by atoms with Crippen molar-refractivity contribution in [3.05, 3.63) is 88.4 Å². The van der Waals surface area contributed by atoms with Crippen LogP contribution in [-0.2, 0) is 33.6 Å². The molecule has 242 valence electrons. The second-order valence-corrected chi connectivity index (χ2v) is 12.2. The number of hydrogen-bond donors (Lipinski definition) is 0. The van der Waals surface area contributed by atoms with Crippen molar-refractivity contribution in [2.24, 2.45) is 5.92 Å². The van der Waals surface area contributed by atoms with Gasteiger partial charge >= 0.3 is 6.18 Å². The maximum Gasteiger partial charge on any atom is 0.416 e. The van der Waals surface area contributed by atoms with Crippen LogP contribution in [0.3, 0.4) is 0 Å². The molecule has 3 amide bonds. The molecule has 1 saturated heterocycles. The number of carbonyl (C=O) groups excluding carboxylic acids is 3. The third-order valence-electron chi connectivity index (χ3n) is 8.86. The fourth-order valence-electron chi connectivity index (χ4n) is 6.79. The summed E-state index contributed by atoms with van der Waals surface area (Å²) in [5, 5.41) is 9.86. The Morgan fingerprint density at radius 1 is 1.23 bits per heavy atom. The molecule has 0 radical (unpaired) electrons. The van der Waals surface area contributed by atoms with Gasteiger partial charge in [0.25, 0.3) is 0 Å². The average molecular weight is 664 g/mol. The van der Waals surface area contributed by atoms with Crippen LogP contribution < -0.4 is 14.7 Å². The molecular weight excluding hydrogens is 635 g/mol. The number of aromatic nitrogens is 2. The van der Waals surface area contributed by atoms with E-state index in [4.69, 9.17) is 11.6 Å². The maximum atomic E-state index is 14.1. The number of hydrogen-bond acceptors (Lipinski definition) is 7. The summed E-state index contributed by atoms with van der Waals surface area (Å²) in [5.41, 5.74) is 2.23. The smallest absolute Gasteiger partial charge is 0.364 e. The zero-order valence-corrected chi connectivity index (χ0v) is 26.2. The Hall–Kier alpha value is -4.96. The lowest BCUT2D eigenvalue weighted by Gasteiger charge is -2.39. The van der Waals surface area contributed by atoms with Crippen LogP contribution >= 0.6 is 11.6 Å². The first-order chi connectivity index (χ1) is 22.3. The number of carbonyl (C=O) groups is 3. The van der Waals surface area contributed by atoms with Crippen molar-refractivity contribution in [1.29, 1.82) is 5.26 Å². The third kappa shape index (κ3) is 5.67. The van der Waals surface area contributed by atoms with Crippen LogP contribution in [0.2, 0.25) is 5.02 Å². The molecule has 1 fully saturated rings. The molecule has 0 N–H and O–H groups in total. The molecule has 3 aliphatic rings. The molecule has 6 rings (SSSR count). The van der Waals surface area contributed by atoms with Crippen LogP contribution in [-0.4, -0.2) is 52.2 Å². The Labute approximate surface area is 273 Å². The minimum Gasteiger partial charge on any atom is -0.364 e. The fourth-order valence-corrected chi connectivity index (χ4v) is 7.07. The Balaban J connectivity index is 1.41. The topological polar surface area (TPSA) is 114 Å². The maximum absolute atomic E-state index is 14.1. The first-order valence-corrected chi connectivity index (χ1v) is 15.2. The molecular formula is C33H29ClF3N7O3. The number of para-hydroxylation sites is 1. The number of fused-ring (bicyclic) bond motifs is 3. The number of nitrogens with zero attached hydrogens (tertiary/aromatic N) is 7. The largest absolute Gasteiger partial charge is 0.416 e. The lowest BCUT2D eigenvalue weighted by atomic mass is 9.95. The number of benzene rings is 1. The summed E-state index contributed by atoms with van der Waals surface area (Å²) < 4.78 is 41.2. The van der Waals surface area contributed by atoms with Crippen molar-refractivity contribution in [2.45, 2.75) is 51.1 Å². The van der Waals surface area contributed by atoms with Gasteiger partial charge in [-0.3, -0.25) is 24.3 Å². The van der Waals surface area contributed by atoms with E-state index in [1.165, 1.54) is 17.9 Å². The van der Waals surface area contributed by atoms with Crippen LogP contribution in [0.25, 0.3) is 0 Å². The van der Waals surface area contributed by atoms with E-state index in [0.717, 1.165) is 28.2 Å². The fraction of sp³-hybridized carbons (Fsp3) is 0.333. The number of likely N-dealkylation sites (N-methyl/N-ethyl adjacent to an activating group) is 1. The average Bonchev–Trinajstić information content (AvgIpc) is 3.54. The molecule has 10 nitrogen and oxygen atoms in total. The number of pyridine rings is 2. The minimum atomic E-state index is -4.68. The van der Waals surface area contributed by atoms with E-state index in [2.05, 4.69) is 22.6 Å². The normalized spacial score (nSPS) is 20.7. The zero-order chi connectivity index (χ0) is 33.8. The summed E-state index contributed by atoms with van der Waals surface area (Å²) in [4.78, 5) is 55.0. The predicted octanol–water partition coefficient (Wildman–Crippen LogP) is 5.34. The first kappa shape index (κ1) is 32.0. The number of rotatable bonds is 5. The van der Waals surface area contributed by atoms with Crippen LogP contribution in [0.4, 0.5) is 30.4 Å². The molecule has 14 heteroatoms. The van der Waals surface area contributed by atoms with Gasteiger partial charge in [-0.05, 0) is 54.5 Å². The van der Waals surface area contributed by atoms with Gasteiger partial charge in [0.2, 0.25) is 17.7 Å². The van der Waals surface area contributed by atoms with Gasteiger partial charge in [0.1, 0.15) is 11.9 Å². The number of aryl methyl sites for hydroxylation is 1. The SMILES string of the molecule is C=CC(=O)N1Cc2ncc(CN3C[C@H]4CC(=O)N(c5cc(C(F)(F)F)cc(C)n5)[C@@H]4C(=O)N(C)c4cccc(Cl)c43)cc2[C@@H]1CC#N. The highest BCUT2D eigenvalue weighted by Crippen LogP contribution is 2.44. The van der Waals surface area contributed by atoms with E-state index in [1.54, 1.807) is 36.3 Å². The number of anilines is 3. The predicted molar refractivity (Wildman–Crippen MR) is 167 cm³/mol. The van der Waals surface area contributed by atoms with Gasteiger partial charge < -0.3 is 14.7 Å². The van der Waals surface area contributed by atoms with E-state index < -0.39 is 41.6 Å². The van der Waals surface area contributed by atoms with Crippen molar-refractivity contribution in [2.75, 3.05) is 28.3 Å². The lowest BCUT2D eigenvalue weighted by molar-refractivity contribution is -0.137. The van der Waals surface area contributed by atoms with Gasteiger partial charge in [-0.2, -0.15) is 18.4 Å². The molecule has 2 aromatic heterocycles. The molecule has 1 aromatic carbocycles. The zero-order valence-electron chi connectivity index (χ0n) is 25.5. The van der Waals surface area contributed by atoms with Gasteiger partial charge in [0, 0.05) is 44.4 Å². The molecule has 0 aliphatic carbocycles. The second-order valence-electron chi connectivity index (χ2n) is 11.8. The Morgan fingerprint density at radius 2 is 2.00 bits per heavy atom. The van der Waals surface area contributed by atoms with Crippen molar-refractivity contribution in [3.8, 4) is 6.07 Å². The van der Waals surface area contributed by atoms with Crippen LogP contribution in [0.1, 0.15) is 47.0 Å². The highest BCUT2D eigenvalue weighted by molar-refractivity contribution is 6.34. The van der Waals surface area contributed by atoms with Crippen LogP contribution in [0.15, 0.2) is 55.3 Å². The van der Waals surface area contributed by atoms with E-state index in [1.807, 2.05) is 11.0 Å². The highest BCUT2D eigenvalue weighted by Gasteiger charge is 2.49. The van der Waals surface area contributed by atoms with E-state index in [9.17, 15) is 32.8 Å². The standard InChI is InChI=1S/C33H29ClF3N7O3/c1-4-28(45)43-17-24-22(25(43)8-9-38)11-19(14-39-24)15-42-16-20-12-29(46)44(27-13-21(33(35,36)37)10-18(2)40-27)30(20)32(47)41(3)26-7-5-6-23(34)31(26)42/h4-7,10-11,13-14,20,25,30H,1,8,12,15-17H2,2-3H3/t20-,25+,30+/m1/s1. The summed E-state index contributed by atoms with van der Waals surface area (Å²) in [5.74, 6) is -2.18. The van der Waals surface area contributed by atoms with Gasteiger partial charge in [0.15, 0.2) is 0 Å². The van der Waals surface area contributed by atoms with Crippen molar-refractivity contribution in [1.82, 2.24) is 14.9 Å². The molecule has 3 atom stereocenters. The molecule has 0 spiro atoms. The van der Waals surface area contributed by atoms with Crippen molar-refractivity contribution in [3.63, 3.8) is 0 Å². The number of amides is 3. The highest BCUT2D eigenvalue weighted by atomic mass is 35.5. The van der Waals surface area contributed by atoms with E-state index >= 15 is 0 Å². The number of alkyl halides is 3. The number of nitriles is 1. The molecule has 3 aliphatic heterocycles. The third-order valence-corrected chi connectivity index (χ3v) is 9.16. The van der Waals surface area contributed by atoms with Crippen molar-refractivity contribution < 1.29 is 27.6 Å².